The van der Waals surface area contributed by atoms with E-state index in [1.165, 1.54) is 10.6 Å². The standard InChI is InChI=1S/C32H36F2N6O4S/c1-19-9-10-22(28(20(2)15-27(41)42)25-11-14-40-30(21(25)3)36-37-32(40)29(33)34)16-23(19)17-38-18-24-7-4-5-13-39(24)31-26(45(38,43)44)8-6-12-35-31/h6,8-12,14,16,20,24,28-29H,4-5,7,13,15,17-18H2,1-3H3,(H,41,42)/t20-,24+,28-/m1/s1. The minimum Gasteiger partial charge on any atom is -0.481 e. The summed E-state index contributed by atoms with van der Waals surface area (Å²) in [4.78, 5) is 18.7. The van der Waals surface area contributed by atoms with Crippen molar-refractivity contribution in [1.82, 2.24) is 23.9 Å². The topological polar surface area (TPSA) is 121 Å². The van der Waals surface area contributed by atoms with Gasteiger partial charge in [-0.3, -0.25) is 9.20 Å². The highest BCUT2D eigenvalue weighted by Gasteiger charge is 2.39. The van der Waals surface area contributed by atoms with E-state index in [1.807, 2.05) is 32.0 Å². The van der Waals surface area contributed by atoms with Crippen LogP contribution in [0.2, 0.25) is 0 Å². The minimum atomic E-state index is -3.87. The zero-order valence-electron chi connectivity index (χ0n) is 25.4. The Morgan fingerprint density at radius 3 is 2.69 bits per heavy atom. The number of nitrogens with zero attached hydrogens (tertiary/aromatic N) is 6. The molecule has 0 unspecified atom stereocenters. The number of sulfonamides is 1. The molecule has 0 radical (unpaired) electrons. The molecule has 1 saturated heterocycles. The molecular weight excluding hydrogens is 602 g/mol. The van der Waals surface area contributed by atoms with Gasteiger partial charge in [0, 0.05) is 50.4 Å². The van der Waals surface area contributed by atoms with Gasteiger partial charge in [-0.05, 0) is 85.0 Å². The lowest BCUT2D eigenvalue weighted by Crippen LogP contribution is -2.45. The van der Waals surface area contributed by atoms with Crippen LogP contribution in [0.15, 0.2) is 53.7 Å². The first-order valence-electron chi connectivity index (χ1n) is 15.1. The van der Waals surface area contributed by atoms with Gasteiger partial charge in [0.15, 0.2) is 5.65 Å². The average Bonchev–Trinajstić information content (AvgIpc) is 3.41. The van der Waals surface area contributed by atoms with E-state index >= 15 is 0 Å². The Bertz CT molecular complexity index is 1860. The number of aromatic nitrogens is 4. The fraction of sp³-hybridized carbons (Fsp3) is 0.438. The maximum Gasteiger partial charge on any atom is 0.303 e. The van der Waals surface area contributed by atoms with Gasteiger partial charge in [0.1, 0.15) is 10.7 Å². The Morgan fingerprint density at radius 2 is 1.93 bits per heavy atom. The zero-order chi connectivity index (χ0) is 32.0. The number of aliphatic carboxylic acids is 1. The molecule has 3 aromatic heterocycles. The molecule has 45 heavy (non-hydrogen) atoms. The van der Waals surface area contributed by atoms with Gasteiger partial charge in [0.2, 0.25) is 15.8 Å². The molecule has 6 rings (SSSR count). The molecule has 13 heteroatoms. The van der Waals surface area contributed by atoms with Crippen molar-refractivity contribution in [3.63, 3.8) is 0 Å². The summed E-state index contributed by atoms with van der Waals surface area (Å²) in [5.74, 6) is -1.73. The summed E-state index contributed by atoms with van der Waals surface area (Å²) in [5, 5.41) is 17.4. The second-order valence-corrected chi connectivity index (χ2v) is 14.1. The third-order valence-electron chi connectivity index (χ3n) is 9.25. The van der Waals surface area contributed by atoms with Crippen LogP contribution in [0, 0.1) is 19.8 Å². The molecule has 1 aromatic carbocycles. The summed E-state index contributed by atoms with van der Waals surface area (Å²) in [6.45, 7) is 6.77. The third kappa shape index (κ3) is 5.67. The molecule has 0 aliphatic carbocycles. The van der Waals surface area contributed by atoms with Crippen LogP contribution in [0.3, 0.4) is 0 Å². The normalized spacial score (nSPS) is 19.6. The number of carboxylic acids is 1. The van der Waals surface area contributed by atoms with E-state index in [1.54, 1.807) is 35.6 Å². The molecule has 0 saturated carbocycles. The highest BCUT2D eigenvalue weighted by atomic mass is 32.2. The van der Waals surface area contributed by atoms with Crippen molar-refractivity contribution in [2.45, 2.75) is 76.3 Å². The molecule has 1 fully saturated rings. The minimum absolute atomic E-state index is 0.00663. The van der Waals surface area contributed by atoms with Crippen molar-refractivity contribution in [3.8, 4) is 0 Å². The van der Waals surface area contributed by atoms with E-state index < -0.39 is 34.2 Å². The van der Waals surface area contributed by atoms with Gasteiger partial charge in [-0.25, -0.2) is 22.2 Å². The number of anilines is 1. The summed E-state index contributed by atoms with van der Waals surface area (Å²) < 4.78 is 58.1. The lowest BCUT2D eigenvalue weighted by Gasteiger charge is -2.36. The van der Waals surface area contributed by atoms with Gasteiger partial charge in [-0.1, -0.05) is 25.1 Å². The number of carbonyl (C=O) groups is 1. The van der Waals surface area contributed by atoms with E-state index in [-0.39, 0.29) is 35.5 Å². The van der Waals surface area contributed by atoms with Crippen molar-refractivity contribution in [2.75, 3.05) is 18.0 Å². The van der Waals surface area contributed by atoms with Crippen molar-refractivity contribution >= 4 is 27.5 Å². The molecule has 3 atom stereocenters. The van der Waals surface area contributed by atoms with E-state index in [2.05, 4.69) is 20.1 Å². The maximum atomic E-state index is 14.1. The smallest absolute Gasteiger partial charge is 0.303 e. The number of hydrogen-bond acceptors (Lipinski definition) is 7. The lowest BCUT2D eigenvalue weighted by atomic mass is 9.78. The number of halogens is 2. The number of piperidine rings is 1. The highest BCUT2D eigenvalue weighted by molar-refractivity contribution is 7.89. The predicted molar refractivity (Wildman–Crippen MR) is 164 cm³/mol. The van der Waals surface area contributed by atoms with Gasteiger partial charge in [0.25, 0.3) is 6.43 Å². The van der Waals surface area contributed by atoms with Gasteiger partial charge in [-0.15, -0.1) is 10.2 Å². The number of aryl methyl sites for hydroxylation is 2. The number of carboxylic acid groups (broad SMARTS) is 1. The first kappa shape index (κ1) is 31.0. The Kier molecular flexibility index (Phi) is 8.33. The second kappa shape index (κ2) is 12.1. The second-order valence-electron chi connectivity index (χ2n) is 12.2. The molecule has 0 bridgehead atoms. The summed E-state index contributed by atoms with van der Waals surface area (Å²) in [5.41, 5.74) is 4.17. The SMILES string of the molecule is Cc1ccc([C@H](c2ccn3c(C(F)F)nnc3c2C)[C@H](C)CC(=O)O)cc1CN1C[C@@H]2CCCCN2c2ncccc2S1(=O)=O. The summed E-state index contributed by atoms with van der Waals surface area (Å²) in [6.07, 6.45) is 3.07. The molecule has 0 spiro atoms. The Labute approximate surface area is 260 Å². The lowest BCUT2D eigenvalue weighted by molar-refractivity contribution is -0.138. The van der Waals surface area contributed by atoms with Crippen LogP contribution in [-0.2, 0) is 21.4 Å². The molecule has 5 heterocycles. The Balaban J connectivity index is 1.42. The number of fused-ring (bicyclic) bond motifs is 4. The van der Waals surface area contributed by atoms with Crippen LogP contribution in [0.25, 0.3) is 5.65 Å². The number of alkyl halides is 2. The van der Waals surface area contributed by atoms with E-state index in [0.29, 0.717) is 17.9 Å². The molecule has 4 aromatic rings. The van der Waals surface area contributed by atoms with Gasteiger partial charge in [-0.2, -0.15) is 4.31 Å². The molecule has 10 nitrogen and oxygen atoms in total. The van der Waals surface area contributed by atoms with Crippen LogP contribution < -0.4 is 4.90 Å². The van der Waals surface area contributed by atoms with Crippen molar-refractivity contribution in [1.29, 1.82) is 0 Å². The van der Waals surface area contributed by atoms with Crippen molar-refractivity contribution in [2.24, 2.45) is 5.92 Å². The summed E-state index contributed by atoms with van der Waals surface area (Å²) in [7, 11) is -3.87. The third-order valence-corrected chi connectivity index (χ3v) is 11.1. The van der Waals surface area contributed by atoms with Crippen molar-refractivity contribution in [3.05, 3.63) is 82.4 Å². The first-order chi connectivity index (χ1) is 21.5. The molecule has 1 N–H and O–H groups in total. The van der Waals surface area contributed by atoms with Gasteiger partial charge < -0.3 is 10.0 Å². The molecular formula is C32H36F2N6O4S. The number of benzene rings is 1. The fourth-order valence-electron chi connectivity index (χ4n) is 6.94. The van der Waals surface area contributed by atoms with Gasteiger partial charge in [0.05, 0.1) is 0 Å². The fourth-order valence-corrected chi connectivity index (χ4v) is 8.55. The van der Waals surface area contributed by atoms with Crippen LogP contribution in [0.1, 0.15) is 78.6 Å². The molecule has 2 aliphatic rings. The van der Waals surface area contributed by atoms with Crippen LogP contribution in [0.4, 0.5) is 14.6 Å². The monoisotopic (exact) mass is 638 g/mol. The highest BCUT2D eigenvalue weighted by Crippen LogP contribution is 2.39. The zero-order valence-corrected chi connectivity index (χ0v) is 26.2. The first-order valence-corrected chi connectivity index (χ1v) is 16.6. The number of hydrogen-bond donors (Lipinski definition) is 1. The van der Waals surface area contributed by atoms with Crippen LogP contribution in [0.5, 0.6) is 0 Å². The summed E-state index contributed by atoms with van der Waals surface area (Å²) in [6, 6.07) is 10.8. The number of pyridine rings is 2. The summed E-state index contributed by atoms with van der Waals surface area (Å²) >= 11 is 0. The van der Waals surface area contributed by atoms with E-state index in [0.717, 1.165) is 48.1 Å². The largest absolute Gasteiger partial charge is 0.481 e. The van der Waals surface area contributed by atoms with E-state index in [4.69, 9.17) is 0 Å². The number of rotatable bonds is 8. The van der Waals surface area contributed by atoms with Crippen molar-refractivity contribution < 1.29 is 27.1 Å². The average molecular weight is 639 g/mol. The quantitative estimate of drug-likeness (QED) is 0.269. The molecule has 2 aliphatic heterocycles. The maximum absolute atomic E-state index is 14.1. The molecule has 238 valence electrons. The van der Waals surface area contributed by atoms with E-state index in [9.17, 15) is 27.1 Å². The Hall–Kier alpha value is -3.97. The van der Waals surface area contributed by atoms with Crippen LogP contribution in [-0.4, -0.2) is 62.5 Å². The molecule has 0 amide bonds. The predicted octanol–water partition coefficient (Wildman–Crippen LogP) is 5.48. The van der Waals surface area contributed by atoms with Crippen LogP contribution >= 0.6 is 0 Å². The van der Waals surface area contributed by atoms with Gasteiger partial charge >= 0.3 is 5.97 Å². The Morgan fingerprint density at radius 1 is 1.13 bits per heavy atom.